The van der Waals surface area contributed by atoms with Crippen molar-refractivity contribution in [1.29, 1.82) is 0 Å². The molecule has 1 aromatic heterocycles. The number of anilines is 1. The van der Waals surface area contributed by atoms with E-state index in [1.807, 2.05) is 49.9 Å². The summed E-state index contributed by atoms with van der Waals surface area (Å²) in [6, 6.07) is 15.7. The molecule has 2 aliphatic heterocycles. The molecule has 3 heterocycles. The highest BCUT2D eigenvalue weighted by atomic mass is 35.5. The largest absolute Gasteiger partial charge is 0.496 e. The fourth-order valence-electron chi connectivity index (χ4n) is 9.41. The number of aromatic nitrogens is 2. The third kappa shape index (κ3) is 24.2. The molecular weight excluding hydrogens is 1200 g/mol. The van der Waals surface area contributed by atoms with E-state index in [9.17, 15) is 44.1 Å². The normalized spacial score (nSPS) is 14.6. The monoisotopic (exact) mass is 1290 g/mol. The van der Waals surface area contributed by atoms with Crippen LogP contribution in [-0.2, 0) is 54.2 Å². The molecule has 89 heavy (non-hydrogen) atoms. The average molecular weight is 1290 g/mol. The fraction of sp³-hybridized carbons (Fsp3) is 0.550. The predicted molar refractivity (Wildman–Crippen MR) is 331 cm³/mol. The molecule has 0 unspecified atom stereocenters. The summed E-state index contributed by atoms with van der Waals surface area (Å²) in [5.74, 6) is -2.51. The molecule has 0 bridgehead atoms. The Labute approximate surface area is 528 Å². The number of fused-ring (bicyclic) bond motifs is 3. The first kappa shape index (κ1) is 71.3. The Morgan fingerprint density at radius 3 is 1.47 bits per heavy atom. The number of rotatable bonds is 34. The number of amides is 4. The van der Waals surface area contributed by atoms with Crippen molar-refractivity contribution < 1.29 is 82.0 Å². The molecular formula is C60H84Cl2N10O17. The summed E-state index contributed by atoms with van der Waals surface area (Å²) in [7, 11) is 3.32. The minimum absolute atomic E-state index is 0.0138. The number of hydrogen-bond donors (Lipinski definition) is 6. The lowest BCUT2D eigenvalue weighted by Crippen LogP contribution is -2.50. The Bertz CT molecular complexity index is 2900. The highest BCUT2D eigenvalue weighted by molar-refractivity contribution is 6.34. The van der Waals surface area contributed by atoms with E-state index in [4.69, 9.17) is 66.2 Å². The quantitative estimate of drug-likeness (QED) is 0.0359. The lowest BCUT2D eigenvalue weighted by molar-refractivity contribution is -0.140. The van der Waals surface area contributed by atoms with E-state index < -0.39 is 29.5 Å². The van der Waals surface area contributed by atoms with Crippen LogP contribution in [0.3, 0.4) is 0 Å². The van der Waals surface area contributed by atoms with Gasteiger partial charge in [0, 0.05) is 117 Å². The van der Waals surface area contributed by atoms with E-state index in [0.29, 0.717) is 155 Å². The van der Waals surface area contributed by atoms with Gasteiger partial charge < -0.3 is 74.1 Å². The maximum absolute atomic E-state index is 14.0. The van der Waals surface area contributed by atoms with Crippen LogP contribution in [0, 0.1) is 0 Å². The van der Waals surface area contributed by atoms with Crippen molar-refractivity contribution in [3.05, 3.63) is 75.9 Å². The number of carbonyl (C=O) groups is 6. The number of methoxy groups -OCH3 is 1. The number of nitrogens with zero attached hydrogens (tertiary/aromatic N) is 7. The van der Waals surface area contributed by atoms with E-state index in [1.54, 1.807) is 68.8 Å². The van der Waals surface area contributed by atoms with Crippen LogP contribution >= 0.6 is 23.2 Å². The first-order valence-electron chi connectivity index (χ1n) is 29.3. The molecule has 4 aromatic rings. The van der Waals surface area contributed by atoms with Crippen LogP contribution in [0.2, 0.25) is 10.0 Å². The van der Waals surface area contributed by atoms with Gasteiger partial charge in [0.15, 0.2) is 5.69 Å². The van der Waals surface area contributed by atoms with Crippen LogP contribution in [0.5, 0.6) is 11.5 Å². The standard InChI is InChI=1S/C60H84Cl2N10O17/c1-60(2,3)67(4)58(80)56-49-41-89-51-36-50(82-5)47(35-48(51)57(49)72(66-56)46-33-43(61)32-44(62)34-46)42-6-8-45(9-7-42)65-59(81)64-11-21-84-23-25-86-27-29-88-31-30-87-28-26-85-24-22-83-20-10-63-52(73)37-68-12-14-69(38-53(74)75)16-18-71(40-55(78)79)19-17-70(15-13-68)39-54(76)77/h6-9,32-36H,10-31,37-41H2,1-5H3,(H,63,73)(H,74,75)(H,76,77)(H,78,79)(H2,64,65,81). The molecule has 0 aliphatic carbocycles. The molecule has 0 spiro atoms. The molecule has 27 nitrogen and oxygen atoms in total. The van der Waals surface area contributed by atoms with Crippen LogP contribution < -0.4 is 25.4 Å². The van der Waals surface area contributed by atoms with Gasteiger partial charge in [0.25, 0.3) is 5.91 Å². The maximum atomic E-state index is 14.0. The zero-order chi connectivity index (χ0) is 64.3. The van der Waals surface area contributed by atoms with Gasteiger partial charge in [-0.25, -0.2) is 9.48 Å². The van der Waals surface area contributed by atoms with Gasteiger partial charge in [0.2, 0.25) is 5.91 Å². The van der Waals surface area contributed by atoms with Crippen molar-refractivity contribution in [3.8, 4) is 39.6 Å². The molecule has 6 rings (SSSR count). The third-order valence-electron chi connectivity index (χ3n) is 14.3. The molecule has 2 aliphatic rings. The van der Waals surface area contributed by atoms with E-state index in [-0.39, 0.29) is 89.7 Å². The maximum Gasteiger partial charge on any atom is 0.319 e. The number of carboxylic acids is 3. The molecule has 29 heteroatoms. The van der Waals surface area contributed by atoms with Gasteiger partial charge in [0.1, 0.15) is 18.1 Å². The number of carbonyl (C=O) groups excluding carboxylic acids is 3. The second-order valence-electron chi connectivity index (χ2n) is 21.9. The molecule has 3 aromatic carbocycles. The van der Waals surface area contributed by atoms with Crippen molar-refractivity contribution in [1.82, 2.24) is 44.9 Å². The van der Waals surface area contributed by atoms with E-state index in [1.165, 1.54) is 0 Å². The van der Waals surface area contributed by atoms with E-state index in [2.05, 4.69) is 16.0 Å². The smallest absolute Gasteiger partial charge is 0.319 e. The Morgan fingerprint density at radius 2 is 1.03 bits per heavy atom. The Hall–Kier alpha value is -6.73. The number of carboxylic acid groups (broad SMARTS) is 3. The number of aliphatic carboxylic acids is 3. The molecule has 6 N–H and O–H groups in total. The summed E-state index contributed by atoms with van der Waals surface area (Å²) in [5.41, 5.74) is 4.38. The molecule has 0 saturated carbocycles. The zero-order valence-corrected chi connectivity index (χ0v) is 52.7. The van der Waals surface area contributed by atoms with Crippen molar-refractivity contribution >= 4 is 64.6 Å². The van der Waals surface area contributed by atoms with Gasteiger partial charge in [-0.05, 0) is 62.7 Å². The number of benzene rings is 3. The molecule has 0 radical (unpaired) electrons. The first-order valence-corrected chi connectivity index (χ1v) is 30.1. The van der Waals surface area contributed by atoms with Gasteiger partial charge in [-0.1, -0.05) is 35.3 Å². The number of nitrogens with one attached hydrogen (secondary N) is 3. The van der Waals surface area contributed by atoms with Gasteiger partial charge >= 0.3 is 23.9 Å². The molecule has 1 saturated heterocycles. The van der Waals surface area contributed by atoms with Crippen molar-refractivity contribution in [2.75, 3.05) is 190 Å². The topological polar surface area (TPSA) is 307 Å². The second-order valence-corrected chi connectivity index (χ2v) is 22.7. The van der Waals surface area contributed by atoms with Gasteiger partial charge in [-0.2, -0.15) is 5.10 Å². The lowest BCUT2D eigenvalue weighted by atomic mass is 9.95. The minimum Gasteiger partial charge on any atom is -0.496 e. The highest BCUT2D eigenvalue weighted by Gasteiger charge is 2.35. The van der Waals surface area contributed by atoms with Gasteiger partial charge in [-0.3, -0.25) is 43.6 Å². The summed E-state index contributed by atoms with van der Waals surface area (Å²) in [4.78, 5) is 82.7. The van der Waals surface area contributed by atoms with Crippen LogP contribution in [0.1, 0.15) is 36.8 Å². The molecule has 1 fully saturated rings. The van der Waals surface area contributed by atoms with Crippen molar-refractivity contribution in [2.45, 2.75) is 32.9 Å². The zero-order valence-electron chi connectivity index (χ0n) is 51.2. The Balaban J connectivity index is 0.785. The Morgan fingerprint density at radius 1 is 0.596 bits per heavy atom. The summed E-state index contributed by atoms with van der Waals surface area (Å²) < 4.78 is 47.2. The van der Waals surface area contributed by atoms with Crippen LogP contribution in [0.4, 0.5) is 10.5 Å². The number of urea groups is 1. The summed E-state index contributed by atoms with van der Waals surface area (Å²) in [5, 5.41) is 42.4. The van der Waals surface area contributed by atoms with E-state index >= 15 is 0 Å². The van der Waals surface area contributed by atoms with Crippen LogP contribution in [0.15, 0.2) is 54.6 Å². The van der Waals surface area contributed by atoms with Gasteiger partial charge in [0.05, 0.1) is 124 Å². The third-order valence-corrected chi connectivity index (χ3v) is 14.7. The van der Waals surface area contributed by atoms with Crippen molar-refractivity contribution in [2.24, 2.45) is 0 Å². The van der Waals surface area contributed by atoms with Crippen LogP contribution in [0.25, 0.3) is 28.1 Å². The van der Waals surface area contributed by atoms with Gasteiger partial charge in [-0.15, -0.1) is 0 Å². The molecule has 490 valence electrons. The van der Waals surface area contributed by atoms with E-state index in [0.717, 1.165) is 11.1 Å². The highest BCUT2D eigenvalue weighted by Crippen LogP contribution is 2.46. The van der Waals surface area contributed by atoms with Crippen LogP contribution in [-0.4, -0.2) is 276 Å². The minimum atomic E-state index is -1.03. The SMILES string of the molecule is COc1cc2c(cc1-c1ccc(NC(=O)NCCOCCOCCOCCOCCOCCOCCNC(=O)CN3CCN(CC(=O)O)CCN(CC(=O)O)CCN(CC(=O)O)CC3)cc1)-c1c(c(C(=O)N(C)C(C)(C)C)nn1-c1cc(Cl)cc(Cl)c1)CO2. The summed E-state index contributed by atoms with van der Waals surface area (Å²) in [6.07, 6.45) is 0. The number of ether oxygens (including phenoxy) is 8. The first-order chi connectivity index (χ1) is 42.7. The van der Waals surface area contributed by atoms with Crippen molar-refractivity contribution in [3.63, 3.8) is 0 Å². The number of halogens is 2. The summed E-state index contributed by atoms with van der Waals surface area (Å²) in [6.45, 7) is 12.3. The lowest BCUT2D eigenvalue weighted by Gasteiger charge is -2.32. The fourth-order valence-corrected chi connectivity index (χ4v) is 9.93. The summed E-state index contributed by atoms with van der Waals surface area (Å²) >= 11 is 12.9. The predicted octanol–water partition coefficient (Wildman–Crippen LogP) is 4.10. The molecule has 4 amide bonds. The second kappa shape index (κ2) is 36.8. The number of hydrogen-bond acceptors (Lipinski definition) is 19. The Kier molecular flexibility index (Phi) is 29.5. The average Bonchev–Trinajstić information content (AvgIpc) is 1.66. The molecule has 0 atom stereocenters.